The van der Waals surface area contributed by atoms with E-state index in [2.05, 4.69) is 26.7 Å². The molecule has 0 spiro atoms. The number of anilines is 1. The minimum atomic E-state index is -4.06. The van der Waals surface area contributed by atoms with Gasteiger partial charge in [-0.05, 0) is 89.9 Å². The van der Waals surface area contributed by atoms with E-state index in [1.54, 1.807) is 43.3 Å². The lowest BCUT2D eigenvalue weighted by Gasteiger charge is -2.36. The molecule has 1 aliphatic heterocycles. The van der Waals surface area contributed by atoms with Crippen LogP contribution in [0.3, 0.4) is 0 Å². The van der Waals surface area contributed by atoms with Crippen LogP contribution in [0, 0.1) is 19.8 Å². The Morgan fingerprint density at radius 1 is 1.15 bits per heavy atom. The van der Waals surface area contributed by atoms with Crippen molar-refractivity contribution in [2.45, 2.75) is 83.6 Å². The number of ether oxygens (including phenoxy) is 2. The van der Waals surface area contributed by atoms with Gasteiger partial charge in [0.2, 0.25) is 0 Å². The van der Waals surface area contributed by atoms with Crippen LogP contribution < -0.4 is 9.46 Å². The van der Waals surface area contributed by atoms with Crippen molar-refractivity contribution in [3.8, 4) is 5.75 Å². The first-order chi connectivity index (χ1) is 21.9. The first kappa shape index (κ1) is 35.3. The van der Waals surface area contributed by atoms with Crippen LogP contribution in [0.15, 0.2) is 52.1 Å². The van der Waals surface area contributed by atoms with E-state index in [1.807, 2.05) is 26.1 Å². The number of nitrogens with one attached hydrogen (secondary N) is 1. The normalized spacial score (nSPS) is 20.9. The summed E-state index contributed by atoms with van der Waals surface area (Å²) in [6.07, 6.45) is 5.65. The molecular weight excluding hydrogens is 610 g/mol. The van der Waals surface area contributed by atoms with Gasteiger partial charge in [-0.1, -0.05) is 12.1 Å². The Balaban J connectivity index is 1.66. The molecule has 3 heterocycles. The van der Waals surface area contributed by atoms with Crippen molar-refractivity contribution < 1.29 is 32.3 Å². The quantitative estimate of drug-likeness (QED) is 0.339. The number of hydrogen-bond acceptors (Lipinski definition) is 10. The number of aliphatic hydroxyl groups is 1. The molecular formula is C33H47N5O7S. The molecule has 1 amide bonds. The molecule has 46 heavy (non-hydrogen) atoms. The molecule has 0 fully saturated rings. The zero-order valence-corrected chi connectivity index (χ0v) is 28.4. The summed E-state index contributed by atoms with van der Waals surface area (Å²) in [6.45, 7) is 10.9. The highest BCUT2D eigenvalue weighted by molar-refractivity contribution is 7.92. The molecule has 0 saturated heterocycles. The highest BCUT2D eigenvalue weighted by atomic mass is 32.2. The van der Waals surface area contributed by atoms with E-state index >= 15 is 0 Å². The molecule has 1 aromatic carbocycles. The second kappa shape index (κ2) is 15.9. The van der Waals surface area contributed by atoms with Gasteiger partial charge in [0.05, 0.1) is 30.4 Å². The molecule has 2 N–H and O–H groups in total. The summed E-state index contributed by atoms with van der Waals surface area (Å²) < 4.78 is 46.9. The Hall–Kier alpha value is -3.52. The van der Waals surface area contributed by atoms with Gasteiger partial charge in [-0.25, -0.2) is 8.42 Å². The second-order valence-corrected chi connectivity index (χ2v) is 13.9. The van der Waals surface area contributed by atoms with E-state index in [0.29, 0.717) is 25.4 Å². The molecule has 0 saturated carbocycles. The number of benzene rings is 1. The molecule has 4 atom stereocenters. The standard InChI is InChI=1S/C33H47N5O7S/c1-22-18-38(23(2)21-39)33(40)29-17-28(36-46(41,42)32-25(4)35-45-26(32)5)10-11-30(29)44-24(3)9-7-8-16-43-31(22)20-37(6)19-27-12-14-34-15-13-27/h10-15,17,22-24,31,36,39H,7-9,16,18-21H2,1-6H3/t22-,23-,24+,31-/m0/s1. The molecule has 0 bridgehead atoms. The fourth-order valence-corrected chi connectivity index (χ4v) is 7.07. The number of aromatic nitrogens is 2. The van der Waals surface area contributed by atoms with Crippen LogP contribution in [0.2, 0.25) is 0 Å². The molecule has 3 aromatic rings. The number of likely N-dealkylation sites (N-methyl/N-ethyl adjacent to an activating group) is 1. The van der Waals surface area contributed by atoms with Gasteiger partial charge in [0.1, 0.15) is 11.4 Å². The van der Waals surface area contributed by atoms with Gasteiger partial charge in [-0.15, -0.1) is 0 Å². The van der Waals surface area contributed by atoms with Gasteiger partial charge in [0.15, 0.2) is 10.7 Å². The summed E-state index contributed by atoms with van der Waals surface area (Å²) in [5.41, 5.74) is 1.76. The van der Waals surface area contributed by atoms with Crippen LogP contribution in [-0.2, 0) is 21.3 Å². The SMILES string of the molecule is Cc1noc(C)c1S(=O)(=O)Nc1ccc2c(c1)C(=O)N([C@@H](C)CO)C[C@H](C)[C@H](CN(C)Cc1ccncc1)OCCCC[C@@H](C)O2. The van der Waals surface area contributed by atoms with Crippen molar-refractivity contribution in [3.05, 3.63) is 65.3 Å². The fraction of sp³-hybridized carbons (Fsp3) is 0.545. The van der Waals surface area contributed by atoms with Crippen LogP contribution in [0.4, 0.5) is 5.69 Å². The summed E-state index contributed by atoms with van der Waals surface area (Å²) >= 11 is 0. The Morgan fingerprint density at radius 2 is 1.89 bits per heavy atom. The smallest absolute Gasteiger partial charge is 0.267 e. The lowest BCUT2D eigenvalue weighted by molar-refractivity contribution is -0.0177. The number of hydrogen-bond donors (Lipinski definition) is 2. The van der Waals surface area contributed by atoms with Gasteiger partial charge >= 0.3 is 0 Å². The van der Waals surface area contributed by atoms with E-state index < -0.39 is 16.1 Å². The van der Waals surface area contributed by atoms with Crippen molar-refractivity contribution >= 4 is 21.6 Å². The Morgan fingerprint density at radius 3 is 2.57 bits per heavy atom. The number of pyridine rings is 1. The molecule has 0 aliphatic carbocycles. The van der Waals surface area contributed by atoms with E-state index in [1.165, 1.54) is 13.0 Å². The second-order valence-electron chi connectivity index (χ2n) is 12.3. The van der Waals surface area contributed by atoms with Crippen molar-refractivity contribution in [3.63, 3.8) is 0 Å². The molecule has 13 heteroatoms. The highest BCUT2D eigenvalue weighted by Gasteiger charge is 2.31. The molecule has 2 aromatic heterocycles. The number of carbonyl (C=O) groups excluding carboxylic acids is 1. The molecule has 0 unspecified atom stereocenters. The number of sulfonamides is 1. The van der Waals surface area contributed by atoms with E-state index in [0.717, 1.165) is 31.4 Å². The summed E-state index contributed by atoms with van der Waals surface area (Å²) in [6, 6.07) is 8.13. The van der Waals surface area contributed by atoms with Crippen molar-refractivity contribution in [2.75, 3.05) is 38.1 Å². The molecule has 1 aliphatic rings. The van der Waals surface area contributed by atoms with Crippen LogP contribution in [0.5, 0.6) is 5.75 Å². The first-order valence-electron chi connectivity index (χ1n) is 15.8. The lowest BCUT2D eigenvalue weighted by Crippen LogP contribution is -2.47. The maximum absolute atomic E-state index is 14.4. The molecule has 0 radical (unpaired) electrons. The predicted octanol–water partition coefficient (Wildman–Crippen LogP) is 4.41. The van der Waals surface area contributed by atoms with Crippen molar-refractivity contribution in [2.24, 2.45) is 5.92 Å². The third kappa shape index (κ3) is 9.05. The summed E-state index contributed by atoms with van der Waals surface area (Å²) in [4.78, 5) is 22.2. The van der Waals surface area contributed by atoms with E-state index in [4.69, 9.17) is 14.0 Å². The fourth-order valence-electron chi connectivity index (χ4n) is 5.68. The summed E-state index contributed by atoms with van der Waals surface area (Å²) in [7, 11) is -2.01. The predicted molar refractivity (Wildman–Crippen MR) is 174 cm³/mol. The van der Waals surface area contributed by atoms with Crippen LogP contribution >= 0.6 is 0 Å². The van der Waals surface area contributed by atoms with E-state index in [-0.39, 0.29) is 58.2 Å². The van der Waals surface area contributed by atoms with Crippen LogP contribution in [0.1, 0.15) is 67.4 Å². The van der Waals surface area contributed by atoms with Gasteiger partial charge in [0, 0.05) is 50.2 Å². The Kier molecular flexibility index (Phi) is 12.2. The minimum Gasteiger partial charge on any atom is -0.490 e. The molecule has 4 rings (SSSR count). The average molecular weight is 658 g/mol. The third-order valence-corrected chi connectivity index (χ3v) is 9.86. The lowest BCUT2D eigenvalue weighted by atomic mass is 10.0. The number of aliphatic hydroxyl groups excluding tert-OH is 1. The van der Waals surface area contributed by atoms with Crippen molar-refractivity contribution in [1.29, 1.82) is 0 Å². The van der Waals surface area contributed by atoms with Gasteiger partial charge in [-0.3, -0.25) is 19.4 Å². The number of carbonyl (C=O) groups is 1. The maximum atomic E-state index is 14.4. The summed E-state index contributed by atoms with van der Waals surface area (Å²) in [5, 5.41) is 14.0. The van der Waals surface area contributed by atoms with Gasteiger partial charge in [0.25, 0.3) is 15.9 Å². The first-order valence-corrected chi connectivity index (χ1v) is 17.2. The molecule has 12 nitrogen and oxygen atoms in total. The molecule has 252 valence electrons. The number of amides is 1. The largest absolute Gasteiger partial charge is 0.490 e. The number of fused-ring (bicyclic) bond motifs is 1. The average Bonchev–Trinajstić information content (AvgIpc) is 3.37. The Bertz CT molecular complexity index is 1530. The van der Waals surface area contributed by atoms with Crippen LogP contribution in [-0.4, -0.2) is 91.0 Å². The number of nitrogens with zero attached hydrogens (tertiary/aromatic N) is 4. The minimum absolute atomic E-state index is 0.0481. The highest BCUT2D eigenvalue weighted by Crippen LogP contribution is 2.30. The van der Waals surface area contributed by atoms with Crippen molar-refractivity contribution in [1.82, 2.24) is 19.9 Å². The topological polar surface area (TPSA) is 147 Å². The van der Waals surface area contributed by atoms with Crippen LogP contribution in [0.25, 0.3) is 0 Å². The maximum Gasteiger partial charge on any atom is 0.267 e. The number of aryl methyl sites for hydroxylation is 2. The van der Waals surface area contributed by atoms with E-state index in [9.17, 15) is 18.3 Å². The van der Waals surface area contributed by atoms with Gasteiger partial charge in [-0.2, -0.15) is 0 Å². The third-order valence-electron chi connectivity index (χ3n) is 8.23. The number of rotatable bonds is 9. The zero-order valence-electron chi connectivity index (χ0n) is 27.6. The summed E-state index contributed by atoms with van der Waals surface area (Å²) in [5.74, 6) is 0.0411. The Labute approximate surface area is 272 Å². The zero-order chi connectivity index (χ0) is 33.4. The van der Waals surface area contributed by atoms with Gasteiger partial charge < -0.3 is 24.0 Å². The monoisotopic (exact) mass is 657 g/mol.